The summed E-state index contributed by atoms with van der Waals surface area (Å²) in [6, 6.07) is 3.69. The number of hydrogen-bond acceptors (Lipinski definition) is 6. The molecule has 9 nitrogen and oxygen atoms in total. The van der Waals surface area contributed by atoms with Crippen LogP contribution < -0.4 is 29.6 Å². The Morgan fingerprint density at radius 1 is 1.10 bits per heavy atom. The molecule has 0 amide bonds. The molecule has 30 heavy (non-hydrogen) atoms. The Balaban J connectivity index is 0.00000450. The smallest absolute Gasteiger partial charge is 0.213 e. The van der Waals surface area contributed by atoms with Crippen molar-refractivity contribution in [2.45, 2.75) is 25.8 Å². The Hall–Kier alpha value is -1.47. The molecule has 0 saturated heterocycles. The molecular formula is C19H33IN4O5S. The van der Waals surface area contributed by atoms with Crippen LogP contribution in [0.4, 0.5) is 0 Å². The number of hydrogen-bond donors (Lipinski definition) is 3. The molecule has 11 heteroatoms. The molecule has 0 spiro atoms. The molecule has 1 aliphatic carbocycles. The van der Waals surface area contributed by atoms with Crippen LogP contribution in [0.3, 0.4) is 0 Å². The van der Waals surface area contributed by atoms with Crippen molar-refractivity contribution < 1.29 is 22.6 Å². The minimum Gasteiger partial charge on any atom is -0.493 e. The quantitative estimate of drug-likeness (QED) is 0.216. The predicted octanol–water partition coefficient (Wildman–Crippen LogP) is 1.71. The molecule has 0 aliphatic heterocycles. The van der Waals surface area contributed by atoms with Gasteiger partial charge in [-0.05, 0) is 36.5 Å². The lowest BCUT2D eigenvalue weighted by Crippen LogP contribution is -2.41. The Bertz CT molecular complexity index is 775. The van der Waals surface area contributed by atoms with Crippen LogP contribution in [0.1, 0.15) is 24.8 Å². The van der Waals surface area contributed by atoms with Gasteiger partial charge in [0.25, 0.3) is 0 Å². The minimum atomic E-state index is -3.29. The minimum absolute atomic E-state index is 0. The van der Waals surface area contributed by atoms with E-state index in [9.17, 15) is 8.42 Å². The van der Waals surface area contributed by atoms with Gasteiger partial charge in [0.15, 0.2) is 17.5 Å². The fourth-order valence-electron chi connectivity index (χ4n) is 2.96. The Labute approximate surface area is 196 Å². The zero-order valence-corrected chi connectivity index (χ0v) is 21.1. The number of nitrogens with one attached hydrogen (secondary N) is 3. The molecule has 1 aromatic carbocycles. The largest absolute Gasteiger partial charge is 0.493 e. The molecule has 1 aliphatic rings. The maximum atomic E-state index is 12.1. The molecule has 0 unspecified atom stereocenters. The van der Waals surface area contributed by atoms with Crippen molar-refractivity contribution in [3.05, 3.63) is 17.7 Å². The van der Waals surface area contributed by atoms with Gasteiger partial charge in [-0.3, -0.25) is 4.99 Å². The van der Waals surface area contributed by atoms with Gasteiger partial charge in [0.1, 0.15) is 0 Å². The predicted molar refractivity (Wildman–Crippen MR) is 129 cm³/mol. The zero-order valence-electron chi connectivity index (χ0n) is 18.0. The second kappa shape index (κ2) is 13.1. The van der Waals surface area contributed by atoms with Gasteiger partial charge in [0, 0.05) is 26.7 Å². The molecule has 0 radical (unpaired) electrons. The molecule has 0 bridgehead atoms. The van der Waals surface area contributed by atoms with Gasteiger partial charge < -0.3 is 24.8 Å². The summed E-state index contributed by atoms with van der Waals surface area (Å²) in [5, 5.41) is 6.18. The van der Waals surface area contributed by atoms with Crippen molar-refractivity contribution in [2.24, 2.45) is 10.9 Å². The molecule has 1 saturated carbocycles. The Kier molecular flexibility index (Phi) is 11.6. The first-order chi connectivity index (χ1) is 13.9. The summed E-state index contributed by atoms with van der Waals surface area (Å²) in [6.07, 6.45) is 3.42. The van der Waals surface area contributed by atoms with Crippen molar-refractivity contribution >= 4 is 40.0 Å². The van der Waals surface area contributed by atoms with E-state index in [2.05, 4.69) is 20.3 Å². The lowest BCUT2D eigenvalue weighted by molar-refractivity contribution is 0.316. The van der Waals surface area contributed by atoms with E-state index >= 15 is 0 Å². The van der Waals surface area contributed by atoms with Gasteiger partial charge in [-0.25, -0.2) is 13.1 Å². The van der Waals surface area contributed by atoms with E-state index in [0.29, 0.717) is 42.2 Å². The topological polar surface area (TPSA) is 110 Å². The summed E-state index contributed by atoms with van der Waals surface area (Å²) in [4.78, 5) is 4.13. The number of nitrogens with zero attached hydrogens (tertiary/aromatic N) is 1. The Morgan fingerprint density at radius 2 is 1.73 bits per heavy atom. The third-order valence-corrected chi connectivity index (χ3v) is 6.24. The van der Waals surface area contributed by atoms with E-state index in [1.54, 1.807) is 28.4 Å². The summed E-state index contributed by atoms with van der Waals surface area (Å²) in [6.45, 7) is 1.24. The molecule has 0 aromatic heterocycles. The second-order valence-corrected chi connectivity index (χ2v) is 8.78. The summed E-state index contributed by atoms with van der Waals surface area (Å²) in [5.41, 5.74) is 0.900. The number of methoxy groups -OCH3 is 3. The van der Waals surface area contributed by atoms with Crippen LogP contribution >= 0.6 is 24.0 Å². The van der Waals surface area contributed by atoms with Crippen LogP contribution in [0.15, 0.2) is 17.1 Å². The van der Waals surface area contributed by atoms with E-state index in [-0.39, 0.29) is 36.3 Å². The first kappa shape index (κ1) is 26.6. The molecule has 3 N–H and O–H groups in total. The average Bonchev–Trinajstić information content (AvgIpc) is 2.68. The molecular weight excluding hydrogens is 523 g/mol. The number of benzene rings is 1. The summed E-state index contributed by atoms with van der Waals surface area (Å²) in [5.74, 6) is 2.65. The van der Waals surface area contributed by atoms with Crippen molar-refractivity contribution in [1.82, 2.24) is 15.4 Å². The highest BCUT2D eigenvalue weighted by atomic mass is 127. The van der Waals surface area contributed by atoms with Crippen LogP contribution in [0.2, 0.25) is 0 Å². The van der Waals surface area contributed by atoms with E-state index in [4.69, 9.17) is 14.2 Å². The normalized spacial score (nSPS) is 14.3. The fraction of sp³-hybridized carbons (Fsp3) is 0.632. The molecule has 172 valence electrons. The monoisotopic (exact) mass is 556 g/mol. The molecule has 1 fully saturated rings. The summed E-state index contributed by atoms with van der Waals surface area (Å²) >= 11 is 0. The maximum absolute atomic E-state index is 12.1. The maximum Gasteiger partial charge on any atom is 0.213 e. The number of guanidine groups is 1. The van der Waals surface area contributed by atoms with Gasteiger partial charge in [-0.2, -0.15) is 0 Å². The highest BCUT2D eigenvalue weighted by molar-refractivity contribution is 14.0. The van der Waals surface area contributed by atoms with Crippen molar-refractivity contribution in [3.8, 4) is 17.2 Å². The third kappa shape index (κ3) is 7.99. The number of rotatable bonds is 11. The molecule has 1 aromatic rings. The average molecular weight is 556 g/mol. The number of aliphatic imine (C=N–C) groups is 1. The summed E-state index contributed by atoms with van der Waals surface area (Å²) in [7, 11) is 3.02. The molecule has 0 atom stereocenters. The van der Waals surface area contributed by atoms with Crippen LogP contribution in [-0.2, 0) is 16.6 Å². The highest BCUT2D eigenvalue weighted by Gasteiger charge is 2.20. The second-order valence-electron chi connectivity index (χ2n) is 6.85. The van der Waals surface area contributed by atoms with Crippen LogP contribution in [0, 0.1) is 5.92 Å². The lowest BCUT2D eigenvalue weighted by Gasteiger charge is -2.25. The van der Waals surface area contributed by atoms with Crippen molar-refractivity contribution in [2.75, 3.05) is 47.2 Å². The standard InChI is InChI=1S/C19H32N4O5S.HI/c1-20-19(21-8-9-29(24,25)23-13-14-6-5-7-14)22-12-15-10-16(26-2)18(28-4)17(11-15)27-3;/h10-11,14,23H,5-9,12-13H2,1-4H3,(H2,20,21,22);1H. The first-order valence-electron chi connectivity index (χ1n) is 9.63. The van der Waals surface area contributed by atoms with E-state index in [1.807, 2.05) is 12.1 Å². The van der Waals surface area contributed by atoms with Gasteiger partial charge in [0.05, 0.1) is 27.1 Å². The third-order valence-electron chi connectivity index (χ3n) is 4.89. The summed E-state index contributed by atoms with van der Waals surface area (Å²) < 4.78 is 42.9. The fourth-order valence-corrected chi connectivity index (χ4v) is 3.97. The first-order valence-corrected chi connectivity index (χ1v) is 11.3. The van der Waals surface area contributed by atoms with E-state index < -0.39 is 10.0 Å². The zero-order chi connectivity index (χ0) is 21.3. The number of ether oxygens (including phenoxy) is 3. The lowest BCUT2D eigenvalue weighted by atomic mass is 9.86. The van der Waals surface area contributed by atoms with Crippen molar-refractivity contribution in [3.63, 3.8) is 0 Å². The van der Waals surface area contributed by atoms with Crippen LogP contribution in [0.25, 0.3) is 0 Å². The Morgan fingerprint density at radius 3 is 2.20 bits per heavy atom. The SMILES string of the molecule is CN=C(NCCS(=O)(=O)NCC1CCC1)NCc1cc(OC)c(OC)c(OC)c1.I. The number of sulfonamides is 1. The van der Waals surface area contributed by atoms with Gasteiger partial charge in [0.2, 0.25) is 15.8 Å². The van der Waals surface area contributed by atoms with Gasteiger partial charge >= 0.3 is 0 Å². The van der Waals surface area contributed by atoms with Crippen LogP contribution in [-0.4, -0.2) is 61.6 Å². The van der Waals surface area contributed by atoms with Gasteiger partial charge in [-0.1, -0.05) is 6.42 Å². The molecule has 0 heterocycles. The van der Waals surface area contributed by atoms with Crippen LogP contribution in [0.5, 0.6) is 17.2 Å². The van der Waals surface area contributed by atoms with E-state index in [1.165, 1.54) is 6.42 Å². The van der Waals surface area contributed by atoms with Crippen molar-refractivity contribution in [1.29, 1.82) is 0 Å². The number of halogens is 1. The highest BCUT2D eigenvalue weighted by Crippen LogP contribution is 2.38. The van der Waals surface area contributed by atoms with Gasteiger partial charge in [-0.15, -0.1) is 24.0 Å². The molecule has 2 rings (SSSR count). The van der Waals surface area contributed by atoms with E-state index in [0.717, 1.165) is 18.4 Å².